The first-order valence-corrected chi connectivity index (χ1v) is 8.84. The molecule has 0 saturated heterocycles. The number of ether oxygens (including phenoxy) is 1. The molecule has 2 N–H and O–H groups in total. The minimum absolute atomic E-state index is 0.0585. The molecule has 1 aliphatic rings. The van der Waals surface area contributed by atoms with E-state index in [4.69, 9.17) is 4.74 Å². The number of hydrogen-bond acceptors (Lipinski definition) is 5. The van der Waals surface area contributed by atoms with Crippen LogP contribution < -0.4 is 10.1 Å². The van der Waals surface area contributed by atoms with Gasteiger partial charge in [0.05, 0.1) is 19.3 Å². The van der Waals surface area contributed by atoms with Crippen LogP contribution in [0.15, 0.2) is 18.3 Å². The van der Waals surface area contributed by atoms with Crippen molar-refractivity contribution in [3.8, 4) is 5.88 Å². The van der Waals surface area contributed by atoms with Crippen molar-refractivity contribution in [1.82, 2.24) is 10.3 Å². The smallest absolute Gasteiger partial charge is 0.221 e. The maximum atomic E-state index is 12.1. The second-order valence-corrected chi connectivity index (χ2v) is 6.91. The van der Waals surface area contributed by atoms with E-state index in [1.165, 1.54) is 0 Å². The van der Waals surface area contributed by atoms with Crippen molar-refractivity contribution >= 4 is 17.7 Å². The van der Waals surface area contributed by atoms with Crippen LogP contribution in [0.1, 0.15) is 37.8 Å². The van der Waals surface area contributed by atoms with Gasteiger partial charge in [0, 0.05) is 24.4 Å². The fourth-order valence-corrected chi connectivity index (χ4v) is 3.25. The van der Waals surface area contributed by atoms with E-state index >= 15 is 0 Å². The maximum Gasteiger partial charge on any atom is 0.221 e. The van der Waals surface area contributed by atoms with Gasteiger partial charge in [-0.25, -0.2) is 4.98 Å². The highest BCUT2D eigenvalue weighted by molar-refractivity contribution is 7.99. The van der Waals surface area contributed by atoms with Crippen LogP contribution >= 0.6 is 11.8 Å². The van der Waals surface area contributed by atoms with Gasteiger partial charge in [0.1, 0.15) is 0 Å². The van der Waals surface area contributed by atoms with Crippen LogP contribution in [0.4, 0.5) is 0 Å². The average Bonchev–Trinajstić information content (AvgIpc) is 2.50. The van der Waals surface area contributed by atoms with Crippen molar-refractivity contribution in [2.24, 2.45) is 5.92 Å². The standard InChI is InChI=1S/C16H24N2O3S/c1-3-22-7-6-14(20)18-16(12-8-13(19)9-12)11-4-5-15(21-2)17-10-11/h4-5,10,12-13,16,19H,3,6-9H2,1-2H3,(H,18,20)/t12?,13?,16-/m1/s1. The molecule has 1 amide bonds. The predicted molar refractivity (Wildman–Crippen MR) is 88.0 cm³/mol. The molecular formula is C16H24N2O3S. The molecule has 0 aliphatic heterocycles. The predicted octanol–water partition coefficient (Wildman–Crippen LogP) is 2.16. The van der Waals surface area contributed by atoms with E-state index in [0.717, 1.165) is 29.9 Å². The van der Waals surface area contributed by atoms with E-state index in [2.05, 4.69) is 17.2 Å². The van der Waals surface area contributed by atoms with E-state index in [1.807, 2.05) is 6.07 Å². The Morgan fingerprint density at radius 3 is 2.86 bits per heavy atom. The minimum atomic E-state index is -0.244. The number of aromatic nitrogens is 1. The summed E-state index contributed by atoms with van der Waals surface area (Å²) in [4.78, 5) is 16.3. The average molecular weight is 324 g/mol. The Bertz CT molecular complexity index is 475. The third-order valence-electron chi connectivity index (χ3n) is 3.94. The first kappa shape index (κ1) is 17.1. The zero-order valence-electron chi connectivity index (χ0n) is 13.1. The SMILES string of the molecule is CCSCCC(=O)N[C@H](c1ccc(OC)nc1)C1CC(O)C1. The molecule has 0 bridgehead atoms. The summed E-state index contributed by atoms with van der Waals surface area (Å²) in [6.07, 6.45) is 3.47. The molecule has 0 spiro atoms. The Kier molecular flexibility index (Phi) is 6.51. The van der Waals surface area contributed by atoms with Gasteiger partial charge in [-0.3, -0.25) is 4.79 Å². The molecule has 1 fully saturated rings. The molecule has 6 heteroatoms. The Balaban J connectivity index is 2.00. The lowest BCUT2D eigenvalue weighted by Crippen LogP contribution is -2.41. The summed E-state index contributed by atoms with van der Waals surface area (Å²) in [7, 11) is 1.58. The molecule has 0 radical (unpaired) electrons. The molecule has 1 aliphatic carbocycles. The zero-order valence-corrected chi connectivity index (χ0v) is 13.9. The minimum Gasteiger partial charge on any atom is -0.481 e. The zero-order chi connectivity index (χ0) is 15.9. The Morgan fingerprint density at radius 1 is 1.55 bits per heavy atom. The van der Waals surface area contributed by atoms with Crippen LogP contribution in [-0.4, -0.2) is 40.7 Å². The maximum absolute atomic E-state index is 12.1. The molecule has 1 saturated carbocycles. The number of carbonyl (C=O) groups is 1. The number of pyridine rings is 1. The highest BCUT2D eigenvalue weighted by Crippen LogP contribution is 2.38. The third-order valence-corrected chi connectivity index (χ3v) is 4.84. The fraction of sp³-hybridized carbons (Fsp3) is 0.625. The van der Waals surface area contributed by atoms with Gasteiger partial charge < -0.3 is 15.2 Å². The molecule has 1 heterocycles. The number of thioether (sulfide) groups is 1. The van der Waals surface area contributed by atoms with Gasteiger partial charge in [0.15, 0.2) is 0 Å². The van der Waals surface area contributed by atoms with Crippen molar-refractivity contribution in [1.29, 1.82) is 0 Å². The number of aliphatic hydroxyl groups excluding tert-OH is 1. The first-order valence-electron chi connectivity index (χ1n) is 7.69. The van der Waals surface area contributed by atoms with Gasteiger partial charge in [-0.05, 0) is 30.1 Å². The lowest BCUT2D eigenvalue weighted by Gasteiger charge is -2.38. The number of nitrogens with zero attached hydrogens (tertiary/aromatic N) is 1. The number of methoxy groups -OCH3 is 1. The topological polar surface area (TPSA) is 71.5 Å². The molecule has 0 unspecified atom stereocenters. The summed E-state index contributed by atoms with van der Waals surface area (Å²) in [5, 5.41) is 12.7. The molecule has 5 nitrogen and oxygen atoms in total. The van der Waals surface area contributed by atoms with Crippen LogP contribution in [0.5, 0.6) is 5.88 Å². The third kappa shape index (κ3) is 4.61. The Morgan fingerprint density at radius 2 is 2.32 bits per heavy atom. The summed E-state index contributed by atoms with van der Waals surface area (Å²) < 4.78 is 5.07. The number of rotatable bonds is 8. The van der Waals surface area contributed by atoms with Gasteiger partial charge in [0.25, 0.3) is 0 Å². The van der Waals surface area contributed by atoms with Gasteiger partial charge >= 0.3 is 0 Å². The summed E-state index contributed by atoms with van der Waals surface area (Å²) in [6.45, 7) is 2.09. The van der Waals surface area contributed by atoms with Crippen molar-refractivity contribution in [2.75, 3.05) is 18.6 Å². The van der Waals surface area contributed by atoms with E-state index in [0.29, 0.717) is 12.3 Å². The first-order chi connectivity index (χ1) is 10.6. The second-order valence-electron chi connectivity index (χ2n) is 5.51. The molecular weight excluding hydrogens is 300 g/mol. The largest absolute Gasteiger partial charge is 0.481 e. The lowest BCUT2D eigenvalue weighted by atomic mass is 9.75. The van der Waals surface area contributed by atoms with Crippen LogP contribution in [0.2, 0.25) is 0 Å². The van der Waals surface area contributed by atoms with Crippen molar-refractivity contribution < 1.29 is 14.6 Å². The normalized spacial score (nSPS) is 21.8. The Labute approximate surface area is 135 Å². The lowest BCUT2D eigenvalue weighted by molar-refractivity contribution is -0.122. The molecule has 22 heavy (non-hydrogen) atoms. The molecule has 2 rings (SSSR count). The van der Waals surface area contributed by atoms with Crippen LogP contribution in [0.3, 0.4) is 0 Å². The summed E-state index contributed by atoms with van der Waals surface area (Å²) in [5.41, 5.74) is 0.967. The van der Waals surface area contributed by atoms with Gasteiger partial charge in [-0.1, -0.05) is 13.0 Å². The Hall–Kier alpha value is -1.27. The van der Waals surface area contributed by atoms with Gasteiger partial charge in [-0.2, -0.15) is 11.8 Å². The molecule has 1 aromatic rings. The van der Waals surface area contributed by atoms with Crippen molar-refractivity contribution in [3.05, 3.63) is 23.9 Å². The summed E-state index contributed by atoms with van der Waals surface area (Å²) >= 11 is 1.76. The van der Waals surface area contributed by atoms with Crippen LogP contribution in [-0.2, 0) is 4.79 Å². The quantitative estimate of drug-likeness (QED) is 0.717. The van der Waals surface area contributed by atoms with E-state index < -0.39 is 0 Å². The number of amides is 1. The van der Waals surface area contributed by atoms with E-state index in [1.54, 1.807) is 31.1 Å². The van der Waals surface area contributed by atoms with Crippen molar-refractivity contribution in [3.63, 3.8) is 0 Å². The highest BCUT2D eigenvalue weighted by Gasteiger charge is 2.35. The fourth-order valence-electron chi connectivity index (χ4n) is 2.63. The number of hydrogen-bond donors (Lipinski definition) is 2. The van der Waals surface area contributed by atoms with Gasteiger partial charge in [-0.15, -0.1) is 0 Å². The molecule has 122 valence electrons. The summed E-state index contributed by atoms with van der Waals surface area (Å²) in [6, 6.07) is 3.65. The molecule has 1 aromatic heterocycles. The highest BCUT2D eigenvalue weighted by atomic mass is 32.2. The molecule has 0 aromatic carbocycles. The van der Waals surface area contributed by atoms with E-state index in [9.17, 15) is 9.90 Å². The van der Waals surface area contributed by atoms with Gasteiger partial charge in [0.2, 0.25) is 11.8 Å². The number of nitrogens with one attached hydrogen (secondary N) is 1. The van der Waals surface area contributed by atoms with E-state index in [-0.39, 0.29) is 24.0 Å². The monoisotopic (exact) mass is 324 g/mol. The van der Waals surface area contributed by atoms with Crippen LogP contribution in [0.25, 0.3) is 0 Å². The molecule has 1 atom stereocenters. The second kappa shape index (κ2) is 8.39. The number of carbonyl (C=O) groups excluding carboxylic acids is 1. The summed E-state index contributed by atoms with van der Waals surface area (Å²) in [5.74, 6) is 2.75. The van der Waals surface area contributed by atoms with Crippen LogP contribution in [0, 0.1) is 5.92 Å². The van der Waals surface area contributed by atoms with Crippen molar-refractivity contribution in [2.45, 2.75) is 38.3 Å². The number of aliphatic hydroxyl groups is 1.